The molecule has 8 heteroatoms. The fourth-order valence-corrected chi connectivity index (χ4v) is 4.84. The van der Waals surface area contributed by atoms with Crippen LogP contribution in [0.25, 0.3) is 0 Å². The van der Waals surface area contributed by atoms with E-state index in [-0.39, 0.29) is 12.5 Å². The molecule has 0 aromatic heterocycles. The Kier molecular flexibility index (Phi) is 9.19. The summed E-state index contributed by atoms with van der Waals surface area (Å²) >= 11 is 3.48. The van der Waals surface area contributed by atoms with Gasteiger partial charge in [-0.2, -0.15) is 0 Å². The molecule has 1 amide bonds. The number of amides is 1. The van der Waals surface area contributed by atoms with Crippen LogP contribution < -0.4 is 15.0 Å². The minimum absolute atomic E-state index is 0.270. The smallest absolute Gasteiger partial charge is 0.338 e. The number of hydrogen-bond donors (Lipinski definition) is 1. The average Bonchev–Trinajstić information content (AvgIpc) is 2.91. The zero-order valence-electron chi connectivity index (χ0n) is 21.2. The third kappa shape index (κ3) is 6.90. The van der Waals surface area contributed by atoms with Crippen LogP contribution in [0.4, 0.5) is 11.4 Å². The van der Waals surface area contributed by atoms with E-state index in [9.17, 15) is 9.59 Å². The summed E-state index contributed by atoms with van der Waals surface area (Å²) in [5.74, 6) is -0.00724. The molecule has 4 rings (SSSR count). The second-order valence-corrected chi connectivity index (χ2v) is 9.59. The number of anilines is 2. The number of halogens is 1. The molecule has 0 unspecified atom stereocenters. The number of ether oxygens (including phenoxy) is 2. The largest absolute Gasteiger partial charge is 0.493 e. The van der Waals surface area contributed by atoms with Gasteiger partial charge in [0.2, 0.25) is 0 Å². The van der Waals surface area contributed by atoms with Gasteiger partial charge in [0.15, 0.2) is 0 Å². The summed E-state index contributed by atoms with van der Waals surface area (Å²) in [6.07, 6.45) is 0. The zero-order valence-corrected chi connectivity index (χ0v) is 22.8. The van der Waals surface area contributed by atoms with Crippen LogP contribution in [0.2, 0.25) is 0 Å². The molecule has 1 heterocycles. The molecule has 194 valence electrons. The first-order valence-corrected chi connectivity index (χ1v) is 13.3. The molecular weight excluding hydrogens is 534 g/mol. The van der Waals surface area contributed by atoms with Crippen LogP contribution in [-0.2, 0) is 11.3 Å². The molecule has 7 nitrogen and oxygen atoms in total. The van der Waals surface area contributed by atoms with Gasteiger partial charge in [0, 0.05) is 38.3 Å². The topological polar surface area (TPSA) is 71.1 Å². The van der Waals surface area contributed by atoms with Gasteiger partial charge in [-0.05, 0) is 71.7 Å². The molecule has 37 heavy (non-hydrogen) atoms. The minimum Gasteiger partial charge on any atom is -0.493 e. The van der Waals surface area contributed by atoms with Crippen molar-refractivity contribution in [2.24, 2.45) is 0 Å². The zero-order chi connectivity index (χ0) is 26.2. The second-order valence-electron chi connectivity index (χ2n) is 8.73. The average molecular weight is 566 g/mol. The third-order valence-electron chi connectivity index (χ3n) is 6.21. The van der Waals surface area contributed by atoms with Gasteiger partial charge in [-0.15, -0.1) is 0 Å². The van der Waals surface area contributed by atoms with Crippen molar-refractivity contribution >= 4 is 39.2 Å². The molecule has 0 bridgehead atoms. The molecule has 0 spiro atoms. The lowest BCUT2D eigenvalue weighted by Gasteiger charge is -2.37. The van der Waals surface area contributed by atoms with Gasteiger partial charge in [-0.3, -0.25) is 9.69 Å². The predicted octanol–water partition coefficient (Wildman–Crippen LogP) is 5.60. The molecule has 3 aromatic carbocycles. The third-order valence-corrected chi connectivity index (χ3v) is 6.83. The van der Waals surface area contributed by atoms with Gasteiger partial charge < -0.3 is 19.7 Å². The second kappa shape index (κ2) is 12.7. The Hall–Kier alpha value is -3.36. The Bertz CT molecular complexity index is 1230. The summed E-state index contributed by atoms with van der Waals surface area (Å²) in [6, 6.07) is 21.0. The summed E-state index contributed by atoms with van der Waals surface area (Å²) in [4.78, 5) is 30.3. The SMILES string of the molecule is CCOC(=O)c1ccc(N2CCN(Cc3ccccc3)CC2)c(NC(=O)c2ccc(OCC)c(Br)c2)c1. The number of carbonyl (C=O) groups excluding carboxylic acids is 2. The van der Waals surface area contributed by atoms with Gasteiger partial charge in [0.25, 0.3) is 5.91 Å². The highest BCUT2D eigenvalue weighted by atomic mass is 79.9. The lowest BCUT2D eigenvalue weighted by molar-refractivity contribution is 0.0526. The van der Waals surface area contributed by atoms with Crippen LogP contribution >= 0.6 is 15.9 Å². The van der Waals surface area contributed by atoms with E-state index < -0.39 is 5.97 Å². The van der Waals surface area contributed by atoms with E-state index >= 15 is 0 Å². The molecule has 0 aliphatic carbocycles. The van der Waals surface area contributed by atoms with E-state index in [4.69, 9.17) is 9.47 Å². The summed E-state index contributed by atoms with van der Waals surface area (Å²) in [5.41, 5.74) is 3.64. The highest BCUT2D eigenvalue weighted by Crippen LogP contribution is 2.31. The minimum atomic E-state index is -0.416. The molecule has 0 saturated carbocycles. The first-order valence-electron chi connectivity index (χ1n) is 12.5. The number of carbonyl (C=O) groups is 2. The fourth-order valence-electron chi connectivity index (χ4n) is 4.35. The van der Waals surface area contributed by atoms with Crippen LogP contribution in [0.1, 0.15) is 40.1 Å². The molecule has 0 radical (unpaired) electrons. The number of rotatable bonds is 9. The van der Waals surface area contributed by atoms with Crippen LogP contribution in [0.3, 0.4) is 0 Å². The van der Waals surface area contributed by atoms with Crippen molar-refractivity contribution in [3.8, 4) is 5.75 Å². The number of hydrogen-bond acceptors (Lipinski definition) is 6. The van der Waals surface area contributed by atoms with Gasteiger partial charge in [-0.1, -0.05) is 30.3 Å². The summed E-state index contributed by atoms with van der Waals surface area (Å²) in [5, 5.41) is 3.03. The van der Waals surface area contributed by atoms with Gasteiger partial charge in [0.1, 0.15) is 5.75 Å². The number of esters is 1. The van der Waals surface area contributed by atoms with Crippen LogP contribution in [0.5, 0.6) is 5.75 Å². The molecular formula is C29H32BrN3O4. The number of piperazine rings is 1. The van der Waals surface area contributed by atoms with Crippen molar-refractivity contribution in [2.75, 3.05) is 49.6 Å². The number of nitrogens with one attached hydrogen (secondary N) is 1. The van der Waals surface area contributed by atoms with E-state index in [1.54, 1.807) is 37.3 Å². The summed E-state index contributed by atoms with van der Waals surface area (Å²) in [6.45, 7) is 8.82. The fraction of sp³-hybridized carbons (Fsp3) is 0.310. The highest BCUT2D eigenvalue weighted by Gasteiger charge is 2.22. The Balaban J connectivity index is 1.53. The van der Waals surface area contributed by atoms with Crippen molar-refractivity contribution < 1.29 is 19.1 Å². The molecule has 1 saturated heterocycles. The van der Waals surface area contributed by atoms with E-state index in [0.29, 0.717) is 33.6 Å². The van der Waals surface area contributed by atoms with Gasteiger partial charge >= 0.3 is 5.97 Å². The molecule has 1 fully saturated rings. The van der Waals surface area contributed by atoms with Crippen LogP contribution in [-0.4, -0.2) is 56.2 Å². The van der Waals surface area contributed by atoms with Crippen LogP contribution in [0, 0.1) is 0 Å². The van der Waals surface area contributed by atoms with Crippen LogP contribution in [0.15, 0.2) is 71.2 Å². The van der Waals surface area contributed by atoms with E-state index in [1.165, 1.54) is 5.56 Å². The first kappa shape index (κ1) is 26.7. The Labute approximate surface area is 226 Å². The van der Waals surface area contributed by atoms with E-state index in [1.807, 2.05) is 19.1 Å². The number of nitrogens with zero attached hydrogens (tertiary/aromatic N) is 2. The van der Waals surface area contributed by atoms with E-state index in [0.717, 1.165) is 38.4 Å². The first-order chi connectivity index (χ1) is 18.0. The van der Waals surface area contributed by atoms with Crippen molar-refractivity contribution in [3.63, 3.8) is 0 Å². The maximum Gasteiger partial charge on any atom is 0.338 e. The monoisotopic (exact) mass is 565 g/mol. The standard InChI is InChI=1S/C29H32BrN3O4/c1-3-36-27-13-11-22(18-24(27)30)28(34)31-25-19-23(29(35)37-4-2)10-12-26(25)33-16-14-32(15-17-33)20-21-8-6-5-7-9-21/h5-13,18-19H,3-4,14-17,20H2,1-2H3,(H,31,34). The molecule has 0 atom stereocenters. The molecule has 3 aromatic rings. The van der Waals surface area contributed by atoms with Gasteiger partial charge in [-0.25, -0.2) is 4.79 Å². The summed E-state index contributed by atoms with van der Waals surface area (Å²) in [7, 11) is 0. The lowest BCUT2D eigenvalue weighted by Crippen LogP contribution is -2.46. The summed E-state index contributed by atoms with van der Waals surface area (Å²) < 4.78 is 11.5. The number of benzene rings is 3. The molecule has 1 N–H and O–H groups in total. The van der Waals surface area contributed by atoms with Crippen molar-refractivity contribution in [1.82, 2.24) is 4.90 Å². The van der Waals surface area contributed by atoms with Crippen molar-refractivity contribution in [2.45, 2.75) is 20.4 Å². The Morgan fingerprint density at radius 1 is 0.892 bits per heavy atom. The normalized spacial score (nSPS) is 13.8. The quantitative estimate of drug-likeness (QED) is 0.340. The van der Waals surface area contributed by atoms with E-state index in [2.05, 4.69) is 55.3 Å². The molecule has 1 aliphatic rings. The van der Waals surface area contributed by atoms with Crippen molar-refractivity contribution in [3.05, 3.63) is 87.9 Å². The van der Waals surface area contributed by atoms with Gasteiger partial charge in [0.05, 0.1) is 34.6 Å². The highest BCUT2D eigenvalue weighted by molar-refractivity contribution is 9.10. The van der Waals surface area contributed by atoms with Crippen molar-refractivity contribution in [1.29, 1.82) is 0 Å². The predicted molar refractivity (Wildman–Crippen MR) is 150 cm³/mol. The molecule has 1 aliphatic heterocycles. The Morgan fingerprint density at radius 3 is 2.30 bits per heavy atom. The lowest BCUT2D eigenvalue weighted by atomic mass is 10.1. The Morgan fingerprint density at radius 2 is 1.62 bits per heavy atom. The maximum absolute atomic E-state index is 13.2. The maximum atomic E-state index is 13.2.